The molecule has 17 heavy (non-hydrogen) atoms. The maximum absolute atomic E-state index is 11.9. The van der Waals surface area contributed by atoms with Crippen molar-refractivity contribution in [2.24, 2.45) is 0 Å². The van der Waals surface area contributed by atoms with Crippen molar-refractivity contribution in [3.63, 3.8) is 0 Å². The Morgan fingerprint density at radius 3 is 2.94 bits per heavy atom. The number of likely N-dealkylation sites (tertiary alicyclic amines) is 1. The summed E-state index contributed by atoms with van der Waals surface area (Å²) in [4.78, 5) is 21.6. The number of hydrogen-bond acceptors (Lipinski definition) is 4. The van der Waals surface area contributed by atoms with Crippen LogP contribution in [0.5, 0.6) is 6.01 Å². The highest BCUT2D eigenvalue weighted by Gasteiger charge is 2.23. The Morgan fingerprint density at radius 1 is 1.47 bits per heavy atom. The van der Waals surface area contributed by atoms with Gasteiger partial charge in [-0.25, -0.2) is 9.97 Å². The second-order valence-electron chi connectivity index (χ2n) is 4.25. The standard InChI is InChI=1S/C12H17N3O2/c1-10-5-2-3-8-15(10)11(16)9-17-12-13-6-4-7-14-12/h4,6-7,10H,2-3,5,8-9H2,1H3. The largest absolute Gasteiger partial charge is 0.453 e. The number of carbonyl (C=O) groups excluding carboxylic acids is 1. The molecule has 5 nitrogen and oxygen atoms in total. The zero-order valence-corrected chi connectivity index (χ0v) is 10.0. The summed E-state index contributed by atoms with van der Waals surface area (Å²) in [6.07, 6.45) is 6.55. The smallest absolute Gasteiger partial charge is 0.316 e. The molecule has 92 valence electrons. The third kappa shape index (κ3) is 3.15. The SMILES string of the molecule is CC1CCCCN1C(=O)COc1ncccn1. The van der Waals surface area contributed by atoms with Crippen molar-refractivity contribution in [3.05, 3.63) is 18.5 Å². The minimum atomic E-state index is 0.0182. The molecule has 1 unspecified atom stereocenters. The van der Waals surface area contributed by atoms with Crippen LogP contribution in [-0.4, -0.2) is 40.0 Å². The van der Waals surface area contributed by atoms with Crippen LogP contribution in [0.1, 0.15) is 26.2 Å². The van der Waals surface area contributed by atoms with Gasteiger partial charge in [-0.05, 0) is 32.3 Å². The summed E-state index contributed by atoms with van der Waals surface area (Å²) >= 11 is 0. The van der Waals surface area contributed by atoms with Crippen LogP contribution >= 0.6 is 0 Å². The number of hydrogen-bond donors (Lipinski definition) is 0. The van der Waals surface area contributed by atoms with Gasteiger partial charge in [-0.15, -0.1) is 0 Å². The van der Waals surface area contributed by atoms with Crippen LogP contribution in [0.3, 0.4) is 0 Å². The third-order valence-electron chi connectivity index (χ3n) is 2.99. The normalized spacial score (nSPS) is 20.1. The van der Waals surface area contributed by atoms with E-state index in [9.17, 15) is 4.79 Å². The summed E-state index contributed by atoms with van der Waals surface area (Å²) in [6.45, 7) is 2.93. The Kier molecular flexibility index (Phi) is 3.90. The summed E-state index contributed by atoms with van der Waals surface area (Å²) in [7, 11) is 0. The highest BCUT2D eigenvalue weighted by atomic mass is 16.5. The molecule has 1 atom stereocenters. The molecule has 5 heteroatoms. The minimum Gasteiger partial charge on any atom is -0.453 e. The molecule has 0 aromatic carbocycles. The van der Waals surface area contributed by atoms with Crippen LogP contribution in [0, 0.1) is 0 Å². The van der Waals surface area contributed by atoms with Gasteiger partial charge in [-0.1, -0.05) is 0 Å². The molecule has 0 spiro atoms. The molecule has 1 aliphatic rings. The molecule has 1 saturated heterocycles. The fourth-order valence-corrected chi connectivity index (χ4v) is 2.04. The van der Waals surface area contributed by atoms with Crippen molar-refractivity contribution in [1.82, 2.24) is 14.9 Å². The zero-order valence-electron chi connectivity index (χ0n) is 10.0. The lowest BCUT2D eigenvalue weighted by Gasteiger charge is -2.33. The molecule has 0 aliphatic carbocycles. The second kappa shape index (κ2) is 5.61. The summed E-state index contributed by atoms with van der Waals surface area (Å²) in [5.74, 6) is 0.0182. The monoisotopic (exact) mass is 235 g/mol. The molecular weight excluding hydrogens is 218 g/mol. The van der Waals surface area contributed by atoms with Crippen LogP contribution in [0.2, 0.25) is 0 Å². The number of amides is 1. The number of nitrogens with zero attached hydrogens (tertiary/aromatic N) is 3. The number of ether oxygens (including phenoxy) is 1. The lowest BCUT2D eigenvalue weighted by Crippen LogP contribution is -2.44. The predicted octanol–water partition coefficient (Wildman–Crippen LogP) is 1.26. The Morgan fingerprint density at radius 2 is 2.24 bits per heavy atom. The van der Waals surface area contributed by atoms with Crippen molar-refractivity contribution in [2.75, 3.05) is 13.2 Å². The van der Waals surface area contributed by atoms with E-state index in [1.807, 2.05) is 4.90 Å². The van der Waals surface area contributed by atoms with E-state index in [4.69, 9.17) is 4.74 Å². The van der Waals surface area contributed by atoms with Crippen LogP contribution < -0.4 is 4.74 Å². The van der Waals surface area contributed by atoms with E-state index in [1.165, 1.54) is 6.42 Å². The quantitative estimate of drug-likeness (QED) is 0.791. The van der Waals surface area contributed by atoms with E-state index in [1.54, 1.807) is 18.5 Å². The molecule has 1 amide bonds. The van der Waals surface area contributed by atoms with Gasteiger partial charge in [0.25, 0.3) is 5.91 Å². The fourth-order valence-electron chi connectivity index (χ4n) is 2.04. The number of carbonyl (C=O) groups is 1. The molecule has 2 rings (SSSR count). The number of rotatable bonds is 3. The maximum Gasteiger partial charge on any atom is 0.316 e. The third-order valence-corrected chi connectivity index (χ3v) is 2.99. The molecule has 0 radical (unpaired) electrons. The van der Waals surface area contributed by atoms with Gasteiger partial charge in [0.05, 0.1) is 0 Å². The first-order valence-electron chi connectivity index (χ1n) is 5.96. The highest BCUT2D eigenvalue weighted by Crippen LogP contribution is 2.16. The number of aromatic nitrogens is 2. The fraction of sp³-hybridized carbons (Fsp3) is 0.583. The second-order valence-corrected chi connectivity index (χ2v) is 4.25. The van der Waals surface area contributed by atoms with Crippen LogP contribution in [-0.2, 0) is 4.79 Å². The lowest BCUT2D eigenvalue weighted by molar-refractivity contribution is -0.136. The summed E-state index contributed by atoms with van der Waals surface area (Å²) in [5, 5.41) is 0. The van der Waals surface area contributed by atoms with Crippen molar-refractivity contribution in [1.29, 1.82) is 0 Å². The van der Waals surface area contributed by atoms with Crippen molar-refractivity contribution in [2.45, 2.75) is 32.2 Å². The van der Waals surface area contributed by atoms with Crippen molar-refractivity contribution < 1.29 is 9.53 Å². The molecule has 0 bridgehead atoms. The average molecular weight is 235 g/mol. The average Bonchev–Trinajstić information content (AvgIpc) is 2.38. The van der Waals surface area contributed by atoms with E-state index >= 15 is 0 Å². The van der Waals surface area contributed by atoms with E-state index in [0.29, 0.717) is 6.04 Å². The molecule has 1 aromatic rings. The molecule has 1 aromatic heterocycles. The Bertz CT molecular complexity index is 369. The summed E-state index contributed by atoms with van der Waals surface area (Å²) in [5.41, 5.74) is 0. The number of piperidine rings is 1. The Labute approximate surface area is 101 Å². The summed E-state index contributed by atoms with van der Waals surface area (Å²) < 4.78 is 5.26. The van der Waals surface area contributed by atoms with Gasteiger partial charge >= 0.3 is 6.01 Å². The predicted molar refractivity (Wildman–Crippen MR) is 62.6 cm³/mol. The molecule has 0 N–H and O–H groups in total. The Hall–Kier alpha value is -1.65. The zero-order chi connectivity index (χ0) is 12.1. The van der Waals surface area contributed by atoms with Crippen molar-refractivity contribution >= 4 is 5.91 Å². The van der Waals surface area contributed by atoms with Crippen LogP contribution in [0.25, 0.3) is 0 Å². The molecular formula is C12H17N3O2. The van der Waals surface area contributed by atoms with Crippen LogP contribution in [0.4, 0.5) is 0 Å². The van der Waals surface area contributed by atoms with Gasteiger partial charge in [0.2, 0.25) is 0 Å². The lowest BCUT2D eigenvalue weighted by atomic mass is 10.0. The first-order valence-corrected chi connectivity index (χ1v) is 5.96. The van der Waals surface area contributed by atoms with Crippen molar-refractivity contribution in [3.8, 4) is 6.01 Å². The van der Waals surface area contributed by atoms with Gasteiger partial charge in [0, 0.05) is 25.0 Å². The molecule has 1 aliphatic heterocycles. The van der Waals surface area contributed by atoms with Gasteiger partial charge in [0.1, 0.15) is 0 Å². The first kappa shape index (κ1) is 11.8. The molecule has 1 fully saturated rings. The maximum atomic E-state index is 11.9. The van der Waals surface area contributed by atoms with Gasteiger partial charge in [-0.2, -0.15) is 0 Å². The van der Waals surface area contributed by atoms with Gasteiger partial charge in [0.15, 0.2) is 6.61 Å². The topological polar surface area (TPSA) is 55.3 Å². The van der Waals surface area contributed by atoms with Crippen LogP contribution in [0.15, 0.2) is 18.5 Å². The highest BCUT2D eigenvalue weighted by molar-refractivity contribution is 5.78. The Balaban J connectivity index is 1.84. The summed E-state index contributed by atoms with van der Waals surface area (Å²) in [6, 6.07) is 2.28. The van der Waals surface area contributed by atoms with E-state index in [2.05, 4.69) is 16.9 Å². The molecule has 2 heterocycles. The minimum absolute atomic E-state index is 0.0182. The van der Waals surface area contributed by atoms with E-state index in [0.717, 1.165) is 19.4 Å². The van der Waals surface area contributed by atoms with Gasteiger partial charge < -0.3 is 9.64 Å². The van der Waals surface area contributed by atoms with Gasteiger partial charge in [-0.3, -0.25) is 4.79 Å². The van der Waals surface area contributed by atoms with E-state index in [-0.39, 0.29) is 18.5 Å². The first-order chi connectivity index (χ1) is 8.27. The molecule has 0 saturated carbocycles. The van der Waals surface area contributed by atoms with E-state index < -0.39 is 0 Å².